The van der Waals surface area contributed by atoms with Crippen LogP contribution >= 0.6 is 11.6 Å². The van der Waals surface area contributed by atoms with Gasteiger partial charge in [0.05, 0.1) is 24.3 Å². The number of ether oxygens (including phenoxy) is 1. The topological polar surface area (TPSA) is 143 Å². The second kappa shape index (κ2) is 10.7. The highest BCUT2D eigenvalue weighted by Gasteiger charge is 2.43. The molecule has 1 atom stereocenters. The number of nitrogens with zero attached hydrogens (tertiary/aromatic N) is 4. The SMILES string of the molecule is COCCN1C=C(C(=O)ON)[C@](C)(c2ccc(CCC(C)(C)CN=[N+]=[N-])c(Cl)c2)NC1=O. The van der Waals surface area contributed by atoms with Gasteiger partial charge in [0.15, 0.2) is 0 Å². The number of halogens is 1. The van der Waals surface area contributed by atoms with Crippen molar-refractivity contribution in [2.24, 2.45) is 16.4 Å². The van der Waals surface area contributed by atoms with Crippen LogP contribution in [0.25, 0.3) is 10.4 Å². The minimum atomic E-state index is -1.19. The van der Waals surface area contributed by atoms with Crippen molar-refractivity contribution in [1.82, 2.24) is 10.2 Å². The molecule has 0 spiro atoms. The lowest BCUT2D eigenvalue weighted by Crippen LogP contribution is -2.56. The smallest absolute Gasteiger partial charge is 0.356 e. The number of hydrogen-bond donors (Lipinski definition) is 2. The quantitative estimate of drug-likeness (QED) is 0.234. The van der Waals surface area contributed by atoms with Crippen molar-refractivity contribution >= 4 is 23.6 Å². The third-order valence-corrected chi connectivity index (χ3v) is 5.92. The van der Waals surface area contributed by atoms with E-state index >= 15 is 0 Å². The molecule has 0 aliphatic carbocycles. The summed E-state index contributed by atoms with van der Waals surface area (Å²) in [6.45, 7) is 6.67. The lowest BCUT2D eigenvalue weighted by atomic mass is 9.82. The van der Waals surface area contributed by atoms with Gasteiger partial charge in [-0.05, 0) is 47.9 Å². The third-order valence-electron chi connectivity index (χ3n) is 5.57. The average Bonchev–Trinajstić information content (AvgIpc) is 2.75. The van der Waals surface area contributed by atoms with Crippen molar-refractivity contribution < 1.29 is 19.2 Å². The minimum Gasteiger partial charge on any atom is -0.383 e. The van der Waals surface area contributed by atoms with Gasteiger partial charge >= 0.3 is 12.0 Å². The highest BCUT2D eigenvalue weighted by molar-refractivity contribution is 6.31. The molecule has 174 valence electrons. The Morgan fingerprint density at radius 1 is 1.44 bits per heavy atom. The zero-order chi connectivity index (χ0) is 23.9. The molecule has 1 aliphatic rings. The van der Waals surface area contributed by atoms with Gasteiger partial charge in [-0.15, -0.1) is 0 Å². The van der Waals surface area contributed by atoms with Crippen molar-refractivity contribution in [3.05, 3.63) is 56.6 Å². The summed E-state index contributed by atoms with van der Waals surface area (Å²) in [6, 6.07) is 5.00. The Morgan fingerprint density at radius 2 is 2.16 bits per heavy atom. The monoisotopic (exact) mass is 464 g/mol. The molecule has 0 aromatic heterocycles. The molecule has 11 heteroatoms. The highest BCUT2D eigenvalue weighted by Crippen LogP contribution is 2.36. The number of hydrogen-bond acceptors (Lipinski definition) is 6. The van der Waals surface area contributed by atoms with Gasteiger partial charge in [0.2, 0.25) is 0 Å². The van der Waals surface area contributed by atoms with E-state index in [4.69, 9.17) is 27.8 Å². The summed E-state index contributed by atoms with van der Waals surface area (Å²) < 4.78 is 5.02. The van der Waals surface area contributed by atoms with Gasteiger partial charge in [0, 0.05) is 29.8 Å². The molecule has 2 amide bonds. The van der Waals surface area contributed by atoms with Gasteiger partial charge < -0.3 is 14.9 Å². The zero-order valence-corrected chi connectivity index (χ0v) is 19.5. The van der Waals surface area contributed by atoms with Gasteiger partial charge in [-0.1, -0.05) is 42.7 Å². The summed E-state index contributed by atoms with van der Waals surface area (Å²) in [5.74, 6) is 4.38. The van der Waals surface area contributed by atoms with Crippen molar-refractivity contribution in [2.45, 2.75) is 39.2 Å². The van der Waals surface area contributed by atoms with E-state index < -0.39 is 17.5 Å². The molecule has 1 aliphatic heterocycles. The van der Waals surface area contributed by atoms with Crippen LogP contribution in [-0.2, 0) is 26.3 Å². The largest absolute Gasteiger partial charge is 0.383 e. The second-order valence-electron chi connectivity index (χ2n) is 8.55. The van der Waals surface area contributed by atoms with Gasteiger partial charge in [0.1, 0.15) is 0 Å². The maximum atomic E-state index is 12.7. The maximum Gasteiger partial charge on any atom is 0.356 e. The first-order chi connectivity index (χ1) is 15.1. The van der Waals surface area contributed by atoms with Crippen LogP contribution in [0.15, 0.2) is 35.1 Å². The predicted octanol–water partition coefficient (Wildman–Crippen LogP) is 3.80. The van der Waals surface area contributed by atoms with Crippen LogP contribution < -0.4 is 11.2 Å². The van der Waals surface area contributed by atoms with E-state index in [0.717, 1.165) is 12.0 Å². The molecule has 3 N–H and O–H groups in total. The van der Waals surface area contributed by atoms with Crippen LogP contribution in [0.5, 0.6) is 0 Å². The first kappa shape index (κ1) is 25.5. The van der Waals surface area contributed by atoms with Crippen molar-refractivity contribution in [2.75, 3.05) is 26.8 Å². The molecule has 0 unspecified atom stereocenters. The number of benzene rings is 1. The number of methoxy groups -OCH3 is 1. The Kier molecular flexibility index (Phi) is 8.51. The van der Waals surface area contributed by atoms with Crippen LogP contribution in [0.4, 0.5) is 4.79 Å². The Bertz CT molecular complexity index is 944. The first-order valence-corrected chi connectivity index (χ1v) is 10.5. The van der Waals surface area contributed by atoms with Crippen LogP contribution in [0, 0.1) is 5.41 Å². The number of nitrogens with one attached hydrogen (secondary N) is 1. The fourth-order valence-electron chi connectivity index (χ4n) is 3.44. The number of carbonyl (C=O) groups excluding carboxylic acids is 2. The molecule has 1 aromatic carbocycles. The molecular weight excluding hydrogens is 436 g/mol. The lowest BCUT2D eigenvalue weighted by molar-refractivity contribution is -0.140. The van der Waals surface area contributed by atoms with Crippen LogP contribution in [0.3, 0.4) is 0 Å². The molecule has 0 bridgehead atoms. The van der Waals surface area contributed by atoms with Crippen LogP contribution in [0.2, 0.25) is 5.02 Å². The van der Waals surface area contributed by atoms with Crippen molar-refractivity contribution in [3.63, 3.8) is 0 Å². The minimum absolute atomic E-state index is 0.162. The van der Waals surface area contributed by atoms with Gasteiger partial charge in [-0.25, -0.2) is 9.59 Å². The fourth-order valence-corrected chi connectivity index (χ4v) is 3.71. The average molecular weight is 465 g/mol. The van der Waals surface area contributed by atoms with E-state index in [1.165, 1.54) is 18.2 Å². The summed E-state index contributed by atoms with van der Waals surface area (Å²) >= 11 is 6.56. The van der Waals surface area contributed by atoms with Gasteiger partial charge in [-0.3, -0.25) is 4.90 Å². The first-order valence-electron chi connectivity index (χ1n) is 10.1. The number of rotatable bonds is 10. The van der Waals surface area contributed by atoms with Gasteiger partial charge in [-0.2, -0.15) is 5.90 Å². The molecule has 0 saturated heterocycles. The number of nitrogens with two attached hydrogens (primary N) is 1. The molecular formula is C21H29ClN6O4. The van der Waals surface area contributed by atoms with Crippen LogP contribution in [-0.4, -0.2) is 43.7 Å². The van der Waals surface area contributed by atoms with E-state index in [2.05, 4.69) is 20.2 Å². The molecule has 10 nitrogen and oxygen atoms in total. The summed E-state index contributed by atoms with van der Waals surface area (Å²) in [6.07, 6.45) is 2.86. The Hall–Kier alpha value is -2.78. The number of azide groups is 1. The van der Waals surface area contributed by atoms with E-state index in [9.17, 15) is 9.59 Å². The maximum absolute atomic E-state index is 12.7. The van der Waals surface area contributed by atoms with Crippen molar-refractivity contribution in [3.8, 4) is 0 Å². The standard InChI is InChI=1S/C21H29ClN6O4/c1-20(2,13-25-27-23)8-7-14-5-6-15(11-17(14)22)21(3)16(18(29)32-24)12-28(9-10-31-4)19(30)26-21/h5-6,11-12H,7-10,13,24H2,1-4H3,(H,26,30)/t21-/m0/s1. The zero-order valence-electron chi connectivity index (χ0n) is 18.7. The van der Waals surface area contributed by atoms with E-state index in [0.29, 0.717) is 30.2 Å². The number of carbonyl (C=O) groups is 2. The number of amides is 2. The highest BCUT2D eigenvalue weighted by atomic mass is 35.5. The number of urea groups is 1. The summed E-state index contributed by atoms with van der Waals surface area (Å²) in [5, 5.41) is 7.02. The number of aryl methyl sites for hydroxylation is 1. The van der Waals surface area contributed by atoms with Gasteiger partial charge in [0.25, 0.3) is 0 Å². The molecule has 2 rings (SSSR count). The molecule has 0 fully saturated rings. The van der Waals surface area contributed by atoms with E-state index in [-0.39, 0.29) is 17.5 Å². The lowest BCUT2D eigenvalue weighted by Gasteiger charge is -2.39. The summed E-state index contributed by atoms with van der Waals surface area (Å²) in [7, 11) is 1.52. The molecule has 1 heterocycles. The van der Waals surface area contributed by atoms with Crippen LogP contribution in [0.1, 0.15) is 38.3 Å². The molecule has 1 aromatic rings. The Morgan fingerprint density at radius 3 is 2.75 bits per heavy atom. The predicted molar refractivity (Wildman–Crippen MR) is 120 cm³/mol. The molecule has 32 heavy (non-hydrogen) atoms. The molecule has 0 saturated carbocycles. The van der Waals surface area contributed by atoms with Crippen molar-refractivity contribution in [1.29, 1.82) is 0 Å². The fraction of sp³-hybridized carbons (Fsp3) is 0.524. The second-order valence-corrected chi connectivity index (χ2v) is 8.96. The summed E-state index contributed by atoms with van der Waals surface area (Å²) in [4.78, 5) is 33.7. The molecule has 0 radical (unpaired) electrons. The Balaban J connectivity index is 2.34. The van der Waals surface area contributed by atoms with E-state index in [1.54, 1.807) is 13.0 Å². The summed E-state index contributed by atoms with van der Waals surface area (Å²) in [5.41, 5.74) is 8.85. The van der Waals surface area contributed by atoms with E-state index in [1.807, 2.05) is 26.0 Å². The normalized spacial score (nSPS) is 18.5. The third kappa shape index (κ3) is 5.92. The Labute approximate surface area is 192 Å².